The maximum atomic E-state index is 12.2. The number of para-hydroxylation sites is 1. The van der Waals surface area contributed by atoms with Crippen LogP contribution in [-0.2, 0) is 15.3 Å². The van der Waals surface area contributed by atoms with E-state index in [1.165, 1.54) is 17.3 Å². The summed E-state index contributed by atoms with van der Waals surface area (Å²) in [5.74, 6) is 2.04. The first-order valence-electron chi connectivity index (χ1n) is 8.14. The number of hydrogen-bond donors (Lipinski definition) is 1. The van der Waals surface area contributed by atoms with Crippen molar-refractivity contribution in [2.75, 3.05) is 29.5 Å². The number of fused-ring (bicyclic) bond motifs is 1. The summed E-state index contributed by atoms with van der Waals surface area (Å²) in [6.45, 7) is 0.689. The van der Waals surface area contributed by atoms with Gasteiger partial charge in [0.2, 0.25) is 11.8 Å². The number of nitrogens with zero attached hydrogens (tertiary/aromatic N) is 1. The number of nitrogens with one attached hydrogen (secondary N) is 1. The molecule has 1 heterocycles. The Balaban J connectivity index is 1.43. The van der Waals surface area contributed by atoms with Crippen LogP contribution in [0.4, 0.5) is 5.69 Å². The number of hydrogen-bond acceptors (Lipinski definition) is 4. The second-order valence-corrected chi connectivity index (χ2v) is 7.75. The molecule has 4 nitrogen and oxygen atoms in total. The summed E-state index contributed by atoms with van der Waals surface area (Å²) in [7, 11) is 0. The highest BCUT2D eigenvalue weighted by molar-refractivity contribution is 8.00. The second-order valence-electron chi connectivity index (χ2n) is 5.62. The van der Waals surface area contributed by atoms with Gasteiger partial charge in [-0.3, -0.25) is 9.59 Å². The van der Waals surface area contributed by atoms with Crippen LogP contribution in [0.15, 0.2) is 59.5 Å². The van der Waals surface area contributed by atoms with Crippen LogP contribution in [-0.4, -0.2) is 36.4 Å². The summed E-state index contributed by atoms with van der Waals surface area (Å²) < 4.78 is 0. The summed E-state index contributed by atoms with van der Waals surface area (Å²) in [4.78, 5) is 27.0. The Kier molecular flexibility index (Phi) is 6.42. The number of amides is 2. The largest absolute Gasteiger partial charge is 0.354 e. The van der Waals surface area contributed by atoms with Gasteiger partial charge < -0.3 is 10.2 Å². The first-order valence-corrected chi connectivity index (χ1v) is 10.3. The summed E-state index contributed by atoms with van der Waals surface area (Å²) in [5.41, 5.74) is 2.11. The minimum Gasteiger partial charge on any atom is -0.354 e. The van der Waals surface area contributed by atoms with Gasteiger partial charge in [0, 0.05) is 22.9 Å². The van der Waals surface area contributed by atoms with E-state index in [4.69, 9.17) is 0 Å². The van der Waals surface area contributed by atoms with Crippen LogP contribution in [0.3, 0.4) is 0 Å². The second kappa shape index (κ2) is 8.97. The average molecular weight is 373 g/mol. The fraction of sp³-hybridized carbons (Fsp3) is 0.263. The predicted octanol–water partition coefficient (Wildman–Crippen LogP) is 3.17. The van der Waals surface area contributed by atoms with E-state index in [0.717, 1.165) is 22.1 Å². The van der Waals surface area contributed by atoms with Crippen LogP contribution >= 0.6 is 23.5 Å². The van der Waals surface area contributed by atoms with Gasteiger partial charge in [-0.2, -0.15) is 11.8 Å². The highest BCUT2D eigenvalue weighted by Gasteiger charge is 2.25. The zero-order valence-electron chi connectivity index (χ0n) is 13.8. The fourth-order valence-electron chi connectivity index (χ4n) is 2.55. The van der Waals surface area contributed by atoms with Gasteiger partial charge in [0.1, 0.15) is 6.54 Å². The summed E-state index contributed by atoms with van der Waals surface area (Å²) in [6.07, 6.45) is 0. The molecule has 6 heteroatoms. The highest BCUT2D eigenvalue weighted by atomic mass is 32.2. The Hall–Kier alpha value is -1.92. The summed E-state index contributed by atoms with van der Waals surface area (Å²) in [5, 5.41) is 2.91. The number of thioether (sulfide) groups is 2. The van der Waals surface area contributed by atoms with E-state index in [1.54, 1.807) is 16.7 Å². The maximum Gasteiger partial charge on any atom is 0.240 e. The Morgan fingerprint density at radius 2 is 1.88 bits per heavy atom. The molecule has 0 spiro atoms. The maximum absolute atomic E-state index is 12.2. The van der Waals surface area contributed by atoms with E-state index in [1.807, 2.05) is 42.5 Å². The van der Waals surface area contributed by atoms with Crippen molar-refractivity contribution in [1.82, 2.24) is 5.32 Å². The van der Waals surface area contributed by atoms with Crippen LogP contribution in [0.25, 0.3) is 0 Å². The zero-order valence-corrected chi connectivity index (χ0v) is 15.4. The SMILES string of the molecule is O=C(CN1C(=O)CSc2ccccc21)NCCSCc1ccccc1. The van der Waals surface area contributed by atoms with E-state index < -0.39 is 0 Å². The lowest BCUT2D eigenvalue weighted by atomic mass is 10.2. The van der Waals surface area contributed by atoms with Crippen molar-refractivity contribution in [2.24, 2.45) is 0 Å². The van der Waals surface area contributed by atoms with Crippen LogP contribution in [0.5, 0.6) is 0 Å². The van der Waals surface area contributed by atoms with Crippen molar-refractivity contribution in [3.63, 3.8) is 0 Å². The van der Waals surface area contributed by atoms with Gasteiger partial charge in [-0.05, 0) is 17.7 Å². The minimum absolute atomic E-state index is 0.0164. The molecule has 0 saturated carbocycles. The molecule has 3 rings (SSSR count). The molecule has 0 aromatic heterocycles. The Labute approximate surface area is 156 Å². The molecule has 2 aromatic carbocycles. The standard InChI is InChI=1S/C19H20N2O2S2/c22-18(20-10-11-24-13-15-6-2-1-3-7-15)12-21-16-8-4-5-9-17(16)25-14-19(21)23/h1-9H,10-14H2,(H,20,22). The third-order valence-electron chi connectivity index (χ3n) is 3.79. The fourth-order valence-corrected chi connectivity index (χ4v) is 4.31. The van der Waals surface area contributed by atoms with Crippen molar-refractivity contribution in [3.05, 3.63) is 60.2 Å². The molecule has 0 saturated heterocycles. The van der Waals surface area contributed by atoms with Gasteiger partial charge >= 0.3 is 0 Å². The normalized spacial score (nSPS) is 13.4. The van der Waals surface area contributed by atoms with Crippen molar-refractivity contribution >= 4 is 41.0 Å². The van der Waals surface area contributed by atoms with Crippen LogP contribution in [0.2, 0.25) is 0 Å². The molecule has 2 aromatic rings. The Bertz CT molecular complexity index is 737. The topological polar surface area (TPSA) is 49.4 Å². The minimum atomic E-state index is -0.115. The molecule has 2 amide bonds. The third-order valence-corrected chi connectivity index (χ3v) is 5.87. The first kappa shape index (κ1) is 17.9. The number of rotatable bonds is 7. The number of carbonyl (C=O) groups is 2. The molecule has 1 aliphatic heterocycles. The van der Waals surface area contributed by atoms with E-state index in [2.05, 4.69) is 17.4 Å². The molecular formula is C19H20N2O2S2. The molecule has 1 aliphatic rings. The molecule has 0 fully saturated rings. The number of anilines is 1. The van der Waals surface area contributed by atoms with E-state index >= 15 is 0 Å². The predicted molar refractivity (Wildman–Crippen MR) is 105 cm³/mol. The van der Waals surface area contributed by atoms with Gasteiger partial charge in [0.25, 0.3) is 0 Å². The molecule has 0 radical (unpaired) electrons. The molecule has 0 bridgehead atoms. The van der Waals surface area contributed by atoms with Crippen molar-refractivity contribution in [3.8, 4) is 0 Å². The van der Waals surface area contributed by atoms with Gasteiger partial charge in [0.05, 0.1) is 11.4 Å². The van der Waals surface area contributed by atoms with Gasteiger partial charge in [-0.15, -0.1) is 11.8 Å². The van der Waals surface area contributed by atoms with E-state index in [9.17, 15) is 9.59 Å². The van der Waals surface area contributed by atoms with Crippen LogP contribution in [0, 0.1) is 0 Å². The van der Waals surface area contributed by atoms with Gasteiger partial charge in [0.15, 0.2) is 0 Å². The lowest BCUT2D eigenvalue weighted by molar-refractivity contribution is -0.122. The van der Waals surface area contributed by atoms with Gasteiger partial charge in [-0.1, -0.05) is 42.5 Å². The molecule has 1 N–H and O–H groups in total. The lowest BCUT2D eigenvalue weighted by Crippen LogP contribution is -2.43. The molecule has 25 heavy (non-hydrogen) atoms. The van der Waals surface area contributed by atoms with Crippen LogP contribution in [0.1, 0.15) is 5.56 Å². The average Bonchev–Trinajstić information content (AvgIpc) is 2.65. The Morgan fingerprint density at radius 1 is 1.12 bits per heavy atom. The lowest BCUT2D eigenvalue weighted by Gasteiger charge is -2.28. The van der Waals surface area contributed by atoms with Crippen molar-refractivity contribution in [2.45, 2.75) is 10.6 Å². The first-order chi connectivity index (χ1) is 12.2. The summed E-state index contributed by atoms with van der Waals surface area (Å²) >= 11 is 3.31. The van der Waals surface area contributed by atoms with E-state index in [0.29, 0.717) is 12.3 Å². The quantitative estimate of drug-likeness (QED) is 0.759. The number of benzene rings is 2. The molecule has 0 unspecified atom stereocenters. The monoisotopic (exact) mass is 372 g/mol. The van der Waals surface area contributed by atoms with Crippen LogP contribution < -0.4 is 10.2 Å². The molecule has 130 valence electrons. The molecular weight excluding hydrogens is 352 g/mol. The van der Waals surface area contributed by atoms with Crippen molar-refractivity contribution < 1.29 is 9.59 Å². The molecule has 0 aliphatic carbocycles. The zero-order chi connectivity index (χ0) is 17.5. The van der Waals surface area contributed by atoms with E-state index in [-0.39, 0.29) is 18.4 Å². The van der Waals surface area contributed by atoms with Crippen molar-refractivity contribution in [1.29, 1.82) is 0 Å². The third kappa shape index (κ3) is 5.03. The summed E-state index contributed by atoms with van der Waals surface area (Å²) in [6, 6.07) is 18.0. The van der Waals surface area contributed by atoms with Gasteiger partial charge in [-0.25, -0.2) is 0 Å². The molecule has 0 atom stereocenters. The highest BCUT2D eigenvalue weighted by Crippen LogP contribution is 2.34. The number of carbonyl (C=O) groups excluding carboxylic acids is 2. The Morgan fingerprint density at radius 3 is 2.72 bits per heavy atom. The smallest absolute Gasteiger partial charge is 0.240 e.